The summed E-state index contributed by atoms with van der Waals surface area (Å²) in [5, 5.41) is 6.39. The van der Waals surface area contributed by atoms with Gasteiger partial charge in [0.15, 0.2) is 6.61 Å². The van der Waals surface area contributed by atoms with Gasteiger partial charge < -0.3 is 15.4 Å². The number of rotatable bonds is 8. The van der Waals surface area contributed by atoms with E-state index in [-0.39, 0.29) is 18.6 Å². The molecule has 1 amide bonds. The first kappa shape index (κ1) is 18.9. The lowest BCUT2D eigenvalue weighted by atomic mass is 10.1. The molecule has 0 bridgehead atoms. The van der Waals surface area contributed by atoms with Crippen molar-refractivity contribution in [3.63, 3.8) is 0 Å². The van der Waals surface area contributed by atoms with Crippen molar-refractivity contribution in [1.82, 2.24) is 9.69 Å². The van der Waals surface area contributed by atoms with Crippen LogP contribution in [0.3, 0.4) is 0 Å². The fourth-order valence-corrected chi connectivity index (χ4v) is 3.13. The number of ether oxygens (including phenoxy) is 1. The Kier molecular flexibility index (Phi) is 6.94. The van der Waals surface area contributed by atoms with Crippen LogP contribution in [0.2, 0.25) is 0 Å². The lowest BCUT2D eigenvalue weighted by Gasteiger charge is -2.14. The van der Waals surface area contributed by atoms with E-state index < -0.39 is 5.97 Å². The normalized spacial score (nSPS) is 11.6. The first-order chi connectivity index (χ1) is 12.0. The van der Waals surface area contributed by atoms with E-state index in [1.165, 1.54) is 17.1 Å². The second-order valence-corrected chi connectivity index (χ2v) is 6.56. The molecule has 0 aliphatic heterocycles. The van der Waals surface area contributed by atoms with Crippen molar-refractivity contribution in [3.05, 3.63) is 47.2 Å². The van der Waals surface area contributed by atoms with Crippen LogP contribution in [-0.2, 0) is 16.0 Å². The van der Waals surface area contributed by atoms with E-state index in [4.69, 9.17) is 4.74 Å². The third-order valence-corrected chi connectivity index (χ3v) is 4.70. The first-order valence-electron chi connectivity index (χ1n) is 8.15. The number of esters is 1. The predicted octanol–water partition coefficient (Wildman–Crippen LogP) is 2.79. The van der Waals surface area contributed by atoms with Crippen molar-refractivity contribution in [3.8, 4) is 0 Å². The molecule has 0 spiro atoms. The number of carbonyl (C=O) groups excluding carboxylic acids is 2. The van der Waals surface area contributed by atoms with E-state index in [2.05, 4.69) is 27.1 Å². The van der Waals surface area contributed by atoms with Crippen LogP contribution >= 0.6 is 11.5 Å². The molecule has 1 aromatic heterocycles. The van der Waals surface area contributed by atoms with Crippen molar-refractivity contribution >= 4 is 28.4 Å². The highest BCUT2D eigenvalue weighted by molar-refractivity contribution is 7.10. The average Bonchev–Trinajstić information content (AvgIpc) is 2.99. The summed E-state index contributed by atoms with van der Waals surface area (Å²) < 4.78 is 9.23. The van der Waals surface area contributed by atoms with Crippen molar-refractivity contribution in [1.29, 1.82) is 0 Å². The van der Waals surface area contributed by atoms with Crippen molar-refractivity contribution in [2.75, 3.05) is 19.0 Å². The molecule has 1 aromatic carbocycles. The number of benzene rings is 1. The molecule has 0 saturated heterocycles. The molecular weight excluding hydrogens is 338 g/mol. The Morgan fingerprint density at radius 3 is 2.68 bits per heavy atom. The highest BCUT2D eigenvalue weighted by Crippen LogP contribution is 2.24. The van der Waals surface area contributed by atoms with Gasteiger partial charge in [0.1, 0.15) is 10.6 Å². The summed E-state index contributed by atoms with van der Waals surface area (Å²) in [5.41, 5.74) is 2.21. The van der Waals surface area contributed by atoms with E-state index >= 15 is 0 Å². The van der Waals surface area contributed by atoms with Gasteiger partial charge in [-0.1, -0.05) is 30.3 Å². The summed E-state index contributed by atoms with van der Waals surface area (Å²) >= 11 is 1.19. The van der Waals surface area contributed by atoms with Gasteiger partial charge in [-0.3, -0.25) is 4.79 Å². The van der Waals surface area contributed by atoms with Crippen LogP contribution in [0.4, 0.5) is 5.00 Å². The minimum atomic E-state index is -0.539. The summed E-state index contributed by atoms with van der Waals surface area (Å²) in [6, 6.07) is 10.1. The molecule has 0 aliphatic carbocycles. The number of hydrogen-bond acceptors (Lipinski definition) is 6. The van der Waals surface area contributed by atoms with Gasteiger partial charge in [-0.15, -0.1) is 0 Å². The van der Waals surface area contributed by atoms with Crippen LogP contribution in [0.15, 0.2) is 30.3 Å². The molecule has 25 heavy (non-hydrogen) atoms. The molecule has 6 nitrogen and oxygen atoms in total. The van der Waals surface area contributed by atoms with E-state index in [0.29, 0.717) is 16.3 Å². The SMILES string of the molecule is CNc1snc(C)c1C(=O)OCC(=O)N[C@H](C)CCc1ccccc1. The summed E-state index contributed by atoms with van der Waals surface area (Å²) in [6.07, 6.45) is 1.70. The minimum absolute atomic E-state index is 0.00354. The maximum absolute atomic E-state index is 12.1. The molecule has 0 fully saturated rings. The molecule has 1 atom stereocenters. The summed E-state index contributed by atoms with van der Waals surface area (Å²) in [7, 11) is 1.71. The Labute approximate surface area is 151 Å². The number of amides is 1. The van der Waals surface area contributed by atoms with Gasteiger partial charge in [-0.25, -0.2) is 4.79 Å². The van der Waals surface area contributed by atoms with Gasteiger partial charge in [-0.2, -0.15) is 4.37 Å². The number of aryl methyl sites for hydroxylation is 2. The molecule has 0 radical (unpaired) electrons. The van der Waals surface area contributed by atoms with Crippen LogP contribution in [0.1, 0.15) is 35.0 Å². The van der Waals surface area contributed by atoms with E-state index in [9.17, 15) is 9.59 Å². The second-order valence-electron chi connectivity index (χ2n) is 5.79. The number of anilines is 1. The third-order valence-electron chi connectivity index (χ3n) is 3.74. The Hall–Kier alpha value is -2.41. The van der Waals surface area contributed by atoms with Gasteiger partial charge in [-0.05, 0) is 43.8 Å². The maximum Gasteiger partial charge on any atom is 0.343 e. The second kappa shape index (κ2) is 9.17. The molecule has 2 rings (SSSR count). The molecule has 134 valence electrons. The van der Waals surface area contributed by atoms with Crippen molar-refractivity contribution < 1.29 is 14.3 Å². The topological polar surface area (TPSA) is 80.3 Å². The molecule has 1 heterocycles. The Morgan fingerprint density at radius 2 is 2.00 bits per heavy atom. The zero-order valence-electron chi connectivity index (χ0n) is 14.7. The van der Waals surface area contributed by atoms with Gasteiger partial charge >= 0.3 is 5.97 Å². The summed E-state index contributed by atoms with van der Waals surface area (Å²) in [6.45, 7) is 3.38. The molecule has 0 aliphatic rings. The van der Waals surface area contributed by atoms with E-state index in [1.807, 2.05) is 25.1 Å². The van der Waals surface area contributed by atoms with Crippen LogP contribution < -0.4 is 10.6 Å². The van der Waals surface area contributed by atoms with Crippen LogP contribution in [0.5, 0.6) is 0 Å². The lowest BCUT2D eigenvalue weighted by molar-refractivity contribution is -0.124. The molecule has 2 N–H and O–H groups in total. The highest BCUT2D eigenvalue weighted by atomic mass is 32.1. The van der Waals surface area contributed by atoms with Gasteiger partial charge in [0, 0.05) is 13.1 Å². The fraction of sp³-hybridized carbons (Fsp3) is 0.389. The number of nitrogens with zero attached hydrogens (tertiary/aromatic N) is 1. The van der Waals surface area contributed by atoms with Crippen molar-refractivity contribution in [2.24, 2.45) is 0 Å². The zero-order chi connectivity index (χ0) is 18.2. The van der Waals surface area contributed by atoms with Crippen LogP contribution in [0.25, 0.3) is 0 Å². The van der Waals surface area contributed by atoms with E-state index in [1.54, 1.807) is 14.0 Å². The highest BCUT2D eigenvalue weighted by Gasteiger charge is 2.20. The average molecular weight is 361 g/mol. The Bertz CT molecular complexity index is 716. The zero-order valence-corrected chi connectivity index (χ0v) is 15.5. The van der Waals surface area contributed by atoms with Crippen LogP contribution in [-0.4, -0.2) is 35.9 Å². The third kappa shape index (κ3) is 5.56. The molecule has 7 heteroatoms. The fourth-order valence-electron chi connectivity index (χ4n) is 2.40. The maximum atomic E-state index is 12.1. The lowest BCUT2D eigenvalue weighted by Crippen LogP contribution is -2.36. The first-order valence-corrected chi connectivity index (χ1v) is 8.93. The molecule has 0 saturated carbocycles. The smallest absolute Gasteiger partial charge is 0.343 e. The van der Waals surface area contributed by atoms with Gasteiger partial charge in [0.2, 0.25) is 0 Å². The number of carbonyl (C=O) groups is 2. The predicted molar refractivity (Wildman–Crippen MR) is 99.0 cm³/mol. The monoisotopic (exact) mass is 361 g/mol. The van der Waals surface area contributed by atoms with Crippen LogP contribution in [0, 0.1) is 6.92 Å². The standard InChI is InChI=1S/C18H23N3O3S/c1-12(9-10-14-7-5-4-6-8-14)20-15(22)11-24-18(23)16-13(2)21-25-17(16)19-3/h4-8,12,19H,9-11H2,1-3H3,(H,20,22)/t12-/m1/s1. The molecular formula is C18H23N3O3S. The molecule has 0 unspecified atom stereocenters. The molecule has 2 aromatic rings. The Morgan fingerprint density at radius 1 is 1.28 bits per heavy atom. The quantitative estimate of drug-likeness (QED) is 0.707. The number of hydrogen-bond donors (Lipinski definition) is 2. The van der Waals surface area contributed by atoms with Crippen molar-refractivity contribution in [2.45, 2.75) is 32.7 Å². The van der Waals surface area contributed by atoms with Gasteiger partial charge in [0.05, 0.1) is 5.69 Å². The minimum Gasteiger partial charge on any atom is -0.452 e. The summed E-state index contributed by atoms with van der Waals surface area (Å²) in [5.74, 6) is -0.844. The van der Waals surface area contributed by atoms with Gasteiger partial charge in [0.25, 0.3) is 5.91 Å². The largest absolute Gasteiger partial charge is 0.452 e. The Balaban J connectivity index is 1.76. The number of nitrogens with one attached hydrogen (secondary N) is 2. The summed E-state index contributed by atoms with van der Waals surface area (Å²) in [4.78, 5) is 24.1. The number of aromatic nitrogens is 1. The van der Waals surface area contributed by atoms with E-state index in [0.717, 1.165) is 12.8 Å².